The van der Waals surface area contributed by atoms with Gasteiger partial charge in [-0.1, -0.05) is 6.07 Å². The molecule has 42 heavy (non-hydrogen) atoms. The van der Waals surface area contributed by atoms with Crippen LogP contribution in [0.3, 0.4) is 0 Å². The zero-order chi connectivity index (χ0) is 28.9. The van der Waals surface area contributed by atoms with Crippen LogP contribution < -0.4 is 19.5 Å². The molecule has 0 aliphatic carbocycles. The molecule has 4 heterocycles. The summed E-state index contributed by atoms with van der Waals surface area (Å²) in [5.74, 6) is 1.75. The number of nitrogens with zero attached hydrogens (tertiary/aromatic N) is 5. The molecule has 4 aromatic rings. The maximum Gasteiger partial charge on any atom is 0.250 e. The van der Waals surface area contributed by atoms with Crippen molar-refractivity contribution in [2.24, 2.45) is 0 Å². The molecule has 13 heteroatoms. The molecule has 2 aromatic heterocycles. The van der Waals surface area contributed by atoms with Crippen molar-refractivity contribution in [3.63, 3.8) is 0 Å². The molecule has 6 rings (SSSR count). The minimum absolute atomic E-state index is 0.0695. The summed E-state index contributed by atoms with van der Waals surface area (Å²) in [6.07, 6.45) is 3.21. The van der Waals surface area contributed by atoms with E-state index in [0.29, 0.717) is 47.5 Å². The fourth-order valence-electron chi connectivity index (χ4n) is 4.92. The topological polar surface area (TPSA) is 143 Å². The maximum absolute atomic E-state index is 14.0. The third-order valence-electron chi connectivity index (χ3n) is 7.09. The minimum atomic E-state index is -1.07. The quantitative estimate of drug-likeness (QED) is 0.284. The number of amides is 2. The van der Waals surface area contributed by atoms with Crippen LogP contribution in [-0.2, 0) is 27.4 Å². The lowest BCUT2D eigenvalue weighted by molar-refractivity contribution is -0.143. The van der Waals surface area contributed by atoms with Crippen LogP contribution in [0, 0.1) is 0 Å². The predicted molar refractivity (Wildman–Crippen MR) is 146 cm³/mol. The lowest BCUT2D eigenvalue weighted by Crippen LogP contribution is -2.46. The Morgan fingerprint density at radius 3 is 2.76 bits per heavy atom. The zero-order valence-corrected chi connectivity index (χ0v) is 23.0. The van der Waals surface area contributed by atoms with Crippen LogP contribution in [0.15, 0.2) is 65.3 Å². The van der Waals surface area contributed by atoms with E-state index in [2.05, 4.69) is 20.7 Å². The van der Waals surface area contributed by atoms with Gasteiger partial charge in [-0.2, -0.15) is 4.80 Å². The van der Waals surface area contributed by atoms with E-state index in [1.165, 1.54) is 16.0 Å². The number of methoxy groups -OCH3 is 1. The van der Waals surface area contributed by atoms with E-state index in [0.717, 1.165) is 18.4 Å². The molecule has 0 unspecified atom stereocenters. The molecular formula is C29H30N6O7. The van der Waals surface area contributed by atoms with Gasteiger partial charge in [0.15, 0.2) is 17.5 Å². The third kappa shape index (κ3) is 6.05. The summed E-state index contributed by atoms with van der Waals surface area (Å²) in [5.41, 5.74) is 1.45. The van der Waals surface area contributed by atoms with Crippen molar-refractivity contribution in [1.29, 1.82) is 0 Å². The Labute approximate surface area is 241 Å². The highest BCUT2D eigenvalue weighted by atomic mass is 16.7. The van der Waals surface area contributed by atoms with E-state index in [9.17, 15) is 9.59 Å². The Kier molecular flexibility index (Phi) is 7.99. The minimum Gasteiger partial charge on any atom is -0.497 e. The van der Waals surface area contributed by atoms with E-state index < -0.39 is 11.9 Å². The largest absolute Gasteiger partial charge is 0.497 e. The molecule has 0 saturated carbocycles. The number of benzene rings is 2. The number of hydrogen-bond donors (Lipinski definition) is 1. The molecule has 1 saturated heterocycles. The Morgan fingerprint density at radius 1 is 1.14 bits per heavy atom. The lowest BCUT2D eigenvalue weighted by Gasteiger charge is -2.30. The van der Waals surface area contributed by atoms with E-state index in [4.69, 9.17) is 23.4 Å². The number of carbonyl (C=O) groups excluding carboxylic acids is 2. The van der Waals surface area contributed by atoms with Gasteiger partial charge in [0.05, 0.1) is 19.5 Å². The van der Waals surface area contributed by atoms with Gasteiger partial charge < -0.3 is 33.6 Å². The molecule has 13 nitrogen and oxygen atoms in total. The fourth-order valence-corrected chi connectivity index (χ4v) is 4.92. The molecule has 0 bridgehead atoms. The van der Waals surface area contributed by atoms with Crippen LogP contribution in [0.5, 0.6) is 17.2 Å². The van der Waals surface area contributed by atoms with Crippen molar-refractivity contribution in [2.75, 3.05) is 27.1 Å². The van der Waals surface area contributed by atoms with Crippen LogP contribution in [-0.4, -0.2) is 70.1 Å². The summed E-state index contributed by atoms with van der Waals surface area (Å²) in [4.78, 5) is 30.3. The summed E-state index contributed by atoms with van der Waals surface area (Å²) in [6.45, 7) is 0.937. The number of hydrogen-bond acceptors (Lipinski definition) is 10. The molecule has 0 radical (unpaired) electrons. The molecular weight excluding hydrogens is 544 g/mol. The number of fused-ring (bicyclic) bond motifs is 1. The van der Waals surface area contributed by atoms with Gasteiger partial charge in [-0.05, 0) is 72.1 Å². The number of aromatic nitrogens is 4. The van der Waals surface area contributed by atoms with Crippen molar-refractivity contribution in [1.82, 2.24) is 30.4 Å². The summed E-state index contributed by atoms with van der Waals surface area (Å²) in [6, 6.07) is 14.9. The van der Waals surface area contributed by atoms with E-state index >= 15 is 0 Å². The smallest absolute Gasteiger partial charge is 0.250 e. The predicted octanol–water partition coefficient (Wildman–Crippen LogP) is 2.74. The van der Waals surface area contributed by atoms with Crippen molar-refractivity contribution < 1.29 is 33.0 Å². The van der Waals surface area contributed by atoms with Gasteiger partial charge >= 0.3 is 0 Å². The Morgan fingerprint density at radius 2 is 2.00 bits per heavy atom. The second-order valence-electron chi connectivity index (χ2n) is 9.88. The van der Waals surface area contributed by atoms with Gasteiger partial charge in [-0.25, -0.2) is 0 Å². The van der Waals surface area contributed by atoms with Crippen molar-refractivity contribution in [2.45, 2.75) is 38.1 Å². The van der Waals surface area contributed by atoms with E-state index in [-0.39, 0.29) is 31.9 Å². The van der Waals surface area contributed by atoms with Gasteiger partial charge in [0.1, 0.15) is 18.1 Å². The maximum atomic E-state index is 14.0. The van der Waals surface area contributed by atoms with Crippen LogP contribution in [0.25, 0.3) is 11.4 Å². The molecule has 2 amide bonds. The highest BCUT2D eigenvalue weighted by Gasteiger charge is 2.35. The van der Waals surface area contributed by atoms with Gasteiger partial charge in [0, 0.05) is 25.3 Å². The normalized spacial score (nSPS) is 16.3. The molecule has 2 atom stereocenters. The van der Waals surface area contributed by atoms with E-state index in [1.54, 1.807) is 55.6 Å². The third-order valence-corrected chi connectivity index (χ3v) is 7.09. The standard InChI is InChI=1S/C29H30N6O7/c1-38-21-9-7-20(8-10-21)28-31-33-35(32-28)17-26(36)34(16-19-6-11-23-25(14-19)42-18-41-23)27(24-5-3-13-40-24)29(37)30-15-22-4-2-12-39-22/h3,5-11,13-14,22,27H,2,4,12,15-18H2,1H3,(H,30,37)/t22-,27+/m1/s1. The molecule has 2 aliphatic heterocycles. The first-order valence-electron chi connectivity index (χ1n) is 13.6. The monoisotopic (exact) mass is 574 g/mol. The Hall–Kier alpha value is -4.91. The molecule has 0 spiro atoms. The number of tetrazole rings is 1. The summed E-state index contributed by atoms with van der Waals surface area (Å²) < 4.78 is 27.5. The Bertz CT molecular complexity index is 1520. The molecule has 2 aromatic carbocycles. The van der Waals surface area contributed by atoms with Crippen molar-refractivity contribution in [3.8, 4) is 28.6 Å². The first kappa shape index (κ1) is 27.3. The van der Waals surface area contributed by atoms with Gasteiger partial charge in [-0.15, -0.1) is 10.2 Å². The summed E-state index contributed by atoms with van der Waals surface area (Å²) in [7, 11) is 1.59. The van der Waals surface area contributed by atoms with Crippen LogP contribution in [0.1, 0.15) is 30.2 Å². The van der Waals surface area contributed by atoms with E-state index in [1.807, 2.05) is 6.07 Å². The molecule has 218 valence electrons. The second-order valence-corrected chi connectivity index (χ2v) is 9.88. The lowest BCUT2D eigenvalue weighted by atomic mass is 10.1. The van der Waals surface area contributed by atoms with Crippen molar-refractivity contribution >= 4 is 11.8 Å². The van der Waals surface area contributed by atoms with Gasteiger partial charge in [-0.3, -0.25) is 9.59 Å². The number of ether oxygens (including phenoxy) is 4. The fraction of sp³-hybridized carbons (Fsp3) is 0.345. The zero-order valence-electron chi connectivity index (χ0n) is 23.0. The van der Waals surface area contributed by atoms with Gasteiger partial charge in [0.2, 0.25) is 18.5 Å². The Balaban J connectivity index is 1.27. The SMILES string of the molecule is COc1ccc(-c2nnn(CC(=O)N(Cc3ccc4c(c3)OCO4)[C@H](C(=O)NC[C@H]3CCCO3)c3ccco3)n2)cc1. The van der Waals surface area contributed by atoms with Gasteiger partial charge in [0.25, 0.3) is 5.91 Å². The highest BCUT2D eigenvalue weighted by Crippen LogP contribution is 2.34. The average Bonchev–Trinajstić information content (AvgIpc) is 3.84. The number of rotatable bonds is 11. The molecule has 2 aliphatic rings. The van der Waals surface area contributed by atoms with Crippen LogP contribution in [0.4, 0.5) is 0 Å². The number of furan rings is 1. The molecule has 1 fully saturated rings. The highest BCUT2D eigenvalue weighted by molar-refractivity contribution is 5.88. The first-order valence-corrected chi connectivity index (χ1v) is 13.6. The first-order chi connectivity index (χ1) is 20.6. The number of carbonyl (C=O) groups is 2. The van der Waals surface area contributed by atoms with Crippen LogP contribution >= 0.6 is 0 Å². The second kappa shape index (κ2) is 12.3. The molecule has 1 N–H and O–H groups in total. The average molecular weight is 575 g/mol. The summed E-state index contributed by atoms with van der Waals surface area (Å²) >= 11 is 0. The van der Waals surface area contributed by atoms with Crippen LogP contribution in [0.2, 0.25) is 0 Å². The summed E-state index contributed by atoms with van der Waals surface area (Å²) in [5, 5.41) is 15.5. The van der Waals surface area contributed by atoms with Crippen molar-refractivity contribution in [3.05, 3.63) is 72.2 Å². The number of nitrogens with one attached hydrogen (secondary N) is 1.